The summed E-state index contributed by atoms with van der Waals surface area (Å²) in [5.74, 6) is 1.43. The van der Waals surface area contributed by atoms with Crippen molar-refractivity contribution in [2.75, 3.05) is 45.4 Å². The van der Waals surface area contributed by atoms with E-state index in [0.717, 1.165) is 41.2 Å². The van der Waals surface area contributed by atoms with Gasteiger partial charge in [-0.05, 0) is 47.9 Å². The van der Waals surface area contributed by atoms with Gasteiger partial charge < -0.3 is 19.3 Å². The maximum atomic E-state index is 13.6. The molecule has 1 aromatic heterocycles. The number of halogens is 1. The Kier molecular flexibility index (Phi) is 7.16. The molecule has 0 unspecified atom stereocenters. The quantitative estimate of drug-likeness (QED) is 0.522. The molecule has 1 aliphatic heterocycles. The predicted molar refractivity (Wildman–Crippen MR) is 131 cm³/mol. The summed E-state index contributed by atoms with van der Waals surface area (Å²) in [7, 11) is 3.39. The minimum atomic E-state index is -0.115. The van der Waals surface area contributed by atoms with Crippen molar-refractivity contribution in [3.05, 3.63) is 76.4 Å². The van der Waals surface area contributed by atoms with Crippen molar-refractivity contribution in [2.24, 2.45) is 0 Å². The monoisotopic (exact) mass is 465 g/mol. The Balaban J connectivity index is 1.70. The molecule has 3 aromatic rings. The third-order valence-electron chi connectivity index (χ3n) is 5.89. The lowest BCUT2D eigenvalue weighted by molar-refractivity contribution is 0.0784. The standard InChI is InChI=1S/C26H28ClN3O3/c1-18-6-4-5-7-21(18)22-15-25(30-10-12-33-13-11-30)28-16-23(22)26(31)29(2)17-19-14-20(27)8-9-24(19)32-3/h4-9,14-16H,10-13,17H2,1-3H3. The number of amides is 1. The Bertz CT molecular complexity index is 1150. The number of aromatic nitrogens is 1. The van der Waals surface area contributed by atoms with E-state index in [1.807, 2.05) is 36.4 Å². The van der Waals surface area contributed by atoms with E-state index in [1.165, 1.54) is 0 Å². The number of aryl methyl sites for hydroxylation is 1. The molecule has 0 atom stereocenters. The van der Waals surface area contributed by atoms with E-state index in [4.69, 9.17) is 21.1 Å². The van der Waals surface area contributed by atoms with Gasteiger partial charge in [0.15, 0.2) is 0 Å². The van der Waals surface area contributed by atoms with Gasteiger partial charge >= 0.3 is 0 Å². The Hall–Kier alpha value is -3.09. The highest BCUT2D eigenvalue weighted by Crippen LogP contribution is 2.31. The van der Waals surface area contributed by atoms with Crippen molar-refractivity contribution in [1.29, 1.82) is 0 Å². The lowest BCUT2D eigenvalue weighted by Crippen LogP contribution is -2.37. The average molecular weight is 466 g/mol. The fraction of sp³-hybridized carbons (Fsp3) is 0.308. The number of rotatable bonds is 6. The van der Waals surface area contributed by atoms with E-state index in [9.17, 15) is 4.79 Å². The molecular weight excluding hydrogens is 438 g/mol. The minimum Gasteiger partial charge on any atom is -0.496 e. The number of pyridine rings is 1. The van der Waals surface area contributed by atoms with Gasteiger partial charge in [0.25, 0.3) is 5.91 Å². The number of morpholine rings is 1. The molecule has 0 N–H and O–H groups in total. The zero-order chi connectivity index (χ0) is 23.4. The van der Waals surface area contributed by atoms with Crippen molar-refractivity contribution in [2.45, 2.75) is 13.5 Å². The molecule has 33 heavy (non-hydrogen) atoms. The number of nitrogens with zero attached hydrogens (tertiary/aromatic N) is 3. The summed E-state index contributed by atoms with van der Waals surface area (Å²) < 4.78 is 10.9. The summed E-state index contributed by atoms with van der Waals surface area (Å²) in [5, 5.41) is 0.601. The Morgan fingerprint density at radius 3 is 2.64 bits per heavy atom. The fourth-order valence-corrected chi connectivity index (χ4v) is 4.28. The molecule has 0 aliphatic carbocycles. The van der Waals surface area contributed by atoms with Crippen LogP contribution < -0.4 is 9.64 Å². The van der Waals surface area contributed by atoms with Crippen LogP contribution in [0.4, 0.5) is 5.82 Å². The zero-order valence-electron chi connectivity index (χ0n) is 19.2. The predicted octanol–water partition coefficient (Wildman–Crippen LogP) is 4.83. The highest BCUT2D eigenvalue weighted by atomic mass is 35.5. The van der Waals surface area contributed by atoms with Gasteiger partial charge in [-0.2, -0.15) is 0 Å². The number of anilines is 1. The van der Waals surface area contributed by atoms with Crippen LogP contribution in [0.3, 0.4) is 0 Å². The van der Waals surface area contributed by atoms with Crippen LogP contribution in [0.15, 0.2) is 54.7 Å². The topological polar surface area (TPSA) is 54.9 Å². The molecule has 0 saturated carbocycles. The van der Waals surface area contributed by atoms with Crippen LogP contribution in [0.25, 0.3) is 11.1 Å². The number of hydrogen-bond donors (Lipinski definition) is 0. The zero-order valence-corrected chi connectivity index (χ0v) is 19.9. The number of hydrogen-bond acceptors (Lipinski definition) is 5. The molecule has 2 heterocycles. The molecule has 172 valence electrons. The van der Waals surface area contributed by atoms with E-state index in [0.29, 0.717) is 36.1 Å². The second-order valence-electron chi connectivity index (χ2n) is 8.12. The highest BCUT2D eigenvalue weighted by Gasteiger charge is 2.22. The first-order valence-electron chi connectivity index (χ1n) is 10.9. The minimum absolute atomic E-state index is 0.115. The Morgan fingerprint density at radius 2 is 1.91 bits per heavy atom. The van der Waals surface area contributed by atoms with Crippen molar-refractivity contribution < 1.29 is 14.3 Å². The van der Waals surface area contributed by atoms with E-state index >= 15 is 0 Å². The van der Waals surface area contributed by atoms with Crippen LogP contribution in [-0.4, -0.2) is 56.3 Å². The van der Waals surface area contributed by atoms with Gasteiger partial charge in [0.05, 0.1) is 25.9 Å². The molecule has 1 aliphatic rings. The summed E-state index contributed by atoms with van der Waals surface area (Å²) in [4.78, 5) is 22.1. The van der Waals surface area contributed by atoms with Crippen LogP contribution >= 0.6 is 11.6 Å². The van der Waals surface area contributed by atoms with Gasteiger partial charge in [-0.25, -0.2) is 4.98 Å². The third-order valence-corrected chi connectivity index (χ3v) is 6.12. The fourth-order valence-electron chi connectivity index (χ4n) is 4.08. The molecule has 2 aromatic carbocycles. The van der Waals surface area contributed by atoms with E-state index in [-0.39, 0.29) is 5.91 Å². The number of ether oxygens (including phenoxy) is 2. The molecule has 1 fully saturated rings. The normalized spacial score (nSPS) is 13.6. The maximum absolute atomic E-state index is 13.6. The Morgan fingerprint density at radius 1 is 1.15 bits per heavy atom. The van der Waals surface area contributed by atoms with Gasteiger partial charge in [0.2, 0.25) is 0 Å². The van der Waals surface area contributed by atoms with E-state index in [2.05, 4.69) is 22.9 Å². The van der Waals surface area contributed by atoms with Crippen molar-refractivity contribution in [3.63, 3.8) is 0 Å². The van der Waals surface area contributed by atoms with Crippen LogP contribution in [0.2, 0.25) is 5.02 Å². The first kappa shape index (κ1) is 23.1. The molecule has 4 rings (SSSR count). The number of carbonyl (C=O) groups excluding carboxylic acids is 1. The van der Waals surface area contributed by atoms with Gasteiger partial charge in [0.1, 0.15) is 11.6 Å². The summed E-state index contributed by atoms with van der Waals surface area (Å²) in [6, 6.07) is 15.5. The third kappa shape index (κ3) is 5.13. The van der Waals surface area contributed by atoms with Gasteiger partial charge in [-0.3, -0.25) is 4.79 Å². The molecule has 6 nitrogen and oxygen atoms in total. The summed E-state index contributed by atoms with van der Waals surface area (Å²) in [5.41, 5.74) is 4.40. The second-order valence-corrected chi connectivity index (χ2v) is 8.56. The summed E-state index contributed by atoms with van der Waals surface area (Å²) in [6.45, 7) is 5.32. The molecule has 1 saturated heterocycles. The van der Waals surface area contributed by atoms with Crippen LogP contribution in [0, 0.1) is 6.92 Å². The van der Waals surface area contributed by atoms with Gasteiger partial charge in [0, 0.05) is 43.5 Å². The van der Waals surface area contributed by atoms with Crippen molar-refractivity contribution in [3.8, 4) is 16.9 Å². The maximum Gasteiger partial charge on any atom is 0.256 e. The van der Waals surface area contributed by atoms with Crippen LogP contribution in [-0.2, 0) is 11.3 Å². The van der Waals surface area contributed by atoms with Gasteiger partial charge in [-0.1, -0.05) is 35.9 Å². The molecule has 1 amide bonds. The Labute approximate surface area is 199 Å². The van der Waals surface area contributed by atoms with Crippen molar-refractivity contribution >= 4 is 23.3 Å². The number of benzene rings is 2. The summed E-state index contributed by atoms with van der Waals surface area (Å²) in [6.07, 6.45) is 1.70. The molecule has 0 spiro atoms. The number of methoxy groups -OCH3 is 1. The smallest absolute Gasteiger partial charge is 0.256 e. The first-order chi connectivity index (χ1) is 16.0. The second kappa shape index (κ2) is 10.2. The first-order valence-corrected chi connectivity index (χ1v) is 11.3. The highest BCUT2D eigenvalue weighted by molar-refractivity contribution is 6.30. The molecule has 7 heteroatoms. The summed E-state index contributed by atoms with van der Waals surface area (Å²) >= 11 is 6.19. The SMILES string of the molecule is COc1ccc(Cl)cc1CN(C)C(=O)c1cnc(N2CCOCC2)cc1-c1ccccc1C. The van der Waals surface area contributed by atoms with Crippen LogP contribution in [0.1, 0.15) is 21.5 Å². The lowest BCUT2D eigenvalue weighted by atomic mass is 9.96. The van der Waals surface area contributed by atoms with E-state index in [1.54, 1.807) is 31.3 Å². The van der Waals surface area contributed by atoms with Crippen molar-refractivity contribution in [1.82, 2.24) is 9.88 Å². The molecular formula is C26H28ClN3O3. The average Bonchev–Trinajstić information content (AvgIpc) is 2.84. The largest absolute Gasteiger partial charge is 0.496 e. The number of carbonyl (C=O) groups is 1. The van der Waals surface area contributed by atoms with E-state index < -0.39 is 0 Å². The van der Waals surface area contributed by atoms with Crippen LogP contribution in [0.5, 0.6) is 5.75 Å². The van der Waals surface area contributed by atoms with Gasteiger partial charge in [-0.15, -0.1) is 0 Å². The molecule has 0 bridgehead atoms. The lowest BCUT2D eigenvalue weighted by Gasteiger charge is -2.29. The molecule has 0 radical (unpaired) electrons.